The highest BCUT2D eigenvalue weighted by atomic mass is 19.4. The van der Waals surface area contributed by atoms with Crippen molar-refractivity contribution in [2.24, 2.45) is 0 Å². The number of anilines is 2. The third kappa shape index (κ3) is 5.46. The van der Waals surface area contributed by atoms with E-state index in [-0.39, 0.29) is 17.3 Å². The van der Waals surface area contributed by atoms with Crippen LogP contribution in [0.15, 0.2) is 47.2 Å². The minimum absolute atomic E-state index is 0.0165. The molecule has 2 aromatic heterocycles. The molecule has 2 N–H and O–H groups in total. The van der Waals surface area contributed by atoms with E-state index in [1.165, 1.54) is 26.6 Å². The third-order valence-electron chi connectivity index (χ3n) is 5.69. The predicted octanol–water partition coefficient (Wildman–Crippen LogP) is 6.00. The summed E-state index contributed by atoms with van der Waals surface area (Å²) < 4.78 is 88.3. The summed E-state index contributed by atoms with van der Waals surface area (Å²) in [5.41, 5.74) is -2.47. The van der Waals surface area contributed by atoms with Gasteiger partial charge in [-0.25, -0.2) is 23.5 Å². The number of benzene rings is 2. The zero-order chi connectivity index (χ0) is 28.4. The average Bonchev–Trinajstić information content (AvgIpc) is 3.37. The molecule has 10 nitrogen and oxygen atoms in total. The summed E-state index contributed by atoms with van der Waals surface area (Å²) in [5, 5.41) is 8.24. The number of carbonyl (C=O) groups is 1. The van der Waals surface area contributed by atoms with E-state index in [0.717, 1.165) is 18.2 Å². The highest BCUT2D eigenvalue weighted by Crippen LogP contribution is 2.42. The Bertz CT molecular complexity index is 1510. The van der Waals surface area contributed by atoms with Crippen LogP contribution >= 0.6 is 0 Å². The van der Waals surface area contributed by atoms with Gasteiger partial charge in [-0.2, -0.15) is 13.2 Å². The number of aromatic nitrogens is 3. The number of urea groups is 1. The molecule has 4 aromatic rings. The summed E-state index contributed by atoms with van der Waals surface area (Å²) in [5.74, 6) is -1.57. The number of nitrogens with zero attached hydrogens (tertiary/aromatic N) is 3. The molecule has 0 radical (unpaired) electrons. The quantitative estimate of drug-likeness (QED) is 0.255. The smallest absolute Gasteiger partial charge is 0.403 e. The molecule has 1 unspecified atom stereocenters. The number of rotatable bonds is 8. The highest BCUT2D eigenvalue weighted by molar-refractivity contribution is 5.99. The zero-order valence-electron chi connectivity index (χ0n) is 20.5. The van der Waals surface area contributed by atoms with Gasteiger partial charge in [0.2, 0.25) is 5.88 Å². The number of ether oxygens (including phenoxy) is 3. The van der Waals surface area contributed by atoms with Gasteiger partial charge in [-0.3, -0.25) is 5.32 Å². The number of methoxy groups -OCH3 is 2. The van der Waals surface area contributed by atoms with Crippen LogP contribution in [0, 0.1) is 5.82 Å². The van der Waals surface area contributed by atoms with Crippen LogP contribution in [-0.2, 0) is 5.41 Å². The van der Waals surface area contributed by atoms with E-state index in [2.05, 4.69) is 30.3 Å². The molecule has 0 aliphatic carbocycles. The molecule has 2 amide bonds. The molecule has 0 saturated carbocycles. The van der Waals surface area contributed by atoms with Crippen molar-refractivity contribution in [3.05, 3.63) is 54.3 Å². The van der Waals surface area contributed by atoms with Crippen LogP contribution in [-0.4, -0.2) is 48.2 Å². The molecule has 0 bridgehead atoms. The van der Waals surface area contributed by atoms with Crippen molar-refractivity contribution in [2.75, 3.05) is 31.5 Å². The first-order valence-corrected chi connectivity index (χ1v) is 11.0. The number of hydrogen-bond donors (Lipinski definition) is 2. The maximum absolute atomic E-state index is 14.6. The molecule has 0 saturated heterocycles. The maximum Gasteiger partial charge on any atom is 0.403 e. The standard InChI is InChI=1S/C24H20F5N5O5/c1-23(10-25,24(27,28)29)19-9-20(34-39-19)33-22(35)32-12-4-5-14(26)16(6-12)38-21-13-7-17(36-2)18(37-3)8-15(13)30-11-31-21/h4-9,11H,10H2,1-3H3,(H2,32,33,34,35). The first-order valence-electron chi connectivity index (χ1n) is 11.0. The van der Waals surface area contributed by atoms with Crippen molar-refractivity contribution >= 4 is 28.4 Å². The molecule has 39 heavy (non-hydrogen) atoms. The van der Waals surface area contributed by atoms with Gasteiger partial charge in [0, 0.05) is 23.9 Å². The van der Waals surface area contributed by atoms with Crippen LogP contribution in [0.1, 0.15) is 12.7 Å². The number of nitrogens with one attached hydrogen (secondary N) is 2. The molecule has 0 spiro atoms. The highest BCUT2D eigenvalue weighted by Gasteiger charge is 2.55. The second-order valence-electron chi connectivity index (χ2n) is 8.27. The van der Waals surface area contributed by atoms with E-state index >= 15 is 0 Å². The van der Waals surface area contributed by atoms with E-state index in [1.54, 1.807) is 12.1 Å². The molecular weight excluding hydrogens is 533 g/mol. The largest absolute Gasteiger partial charge is 0.493 e. The van der Waals surface area contributed by atoms with Crippen molar-refractivity contribution in [3.8, 4) is 23.1 Å². The van der Waals surface area contributed by atoms with Crippen LogP contribution < -0.4 is 24.8 Å². The van der Waals surface area contributed by atoms with E-state index in [9.17, 15) is 26.7 Å². The molecule has 1 atom stereocenters. The van der Waals surface area contributed by atoms with Crippen molar-refractivity contribution < 1.29 is 45.5 Å². The number of amides is 2. The Labute approximate surface area is 217 Å². The zero-order valence-corrected chi connectivity index (χ0v) is 20.5. The van der Waals surface area contributed by atoms with Crippen LogP contribution in [0.2, 0.25) is 0 Å². The van der Waals surface area contributed by atoms with Crippen molar-refractivity contribution in [1.82, 2.24) is 15.1 Å². The second-order valence-corrected chi connectivity index (χ2v) is 8.27. The second kappa shape index (κ2) is 10.6. The summed E-state index contributed by atoms with van der Waals surface area (Å²) in [4.78, 5) is 20.6. The van der Waals surface area contributed by atoms with Crippen molar-refractivity contribution in [3.63, 3.8) is 0 Å². The van der Waals surface area contributed by atoms with E-state index in [0.29, 0.717) is 29.3 Å². The normalized spacial score (nSPS) is 13.0. The van der Waals surface area contributed by atoms with E-state index in [4.69, 9.17) is 14.2 Å². The molecule has 2 aromatic carbocycles. The predicted molar refractivity (Wildman–Crippen MR) is 128 cm³/mol. The van der Waals surface area contributed by atoms with Crippen molar-refractivity contribution in [2.45, 2.75) is 18.5 Å². The molecule has 0 aliphatic heterocycles. The maximum atomic E-state index is 14.6. The summed E-state index contributed by atoms with van der Waals surface area (Å²) in [6, 6.07) is 6.33. The summed E-state index contributed by atoms with van der Waals surface area (Å²) in [7, 11) is 2.89. The number of fused-ring (bicyclic) bond motifs is 1. The van der Waals surface area contributed by atoms with Gasteiger partial charge in [0.15, 0.2) is 40.1 Å². The van der Waals surface area contributed by atoms with Crippen LogP contribution in [0.5, 0.6) is 23.1 Å². The Morgan fingerprint density at radius 1 is 1.00 bits per heavy atom. The lowest BCUT2D eigenvalue weighted by molar-refractivity contribution is -0.195. The van der Waals surface area contributed by atoms with Gasteiger partial charge in [-0.05, 0) is 25.1 Å². The van der Waals surface area contributed by atoms with E-state index in [1.807, 2.05) is 0 Å². The topological polar surface area (TPSA) is 121 Å². The minimum Gasteiger partial charge on any atom is -0.493 e. The Hall–Kier alpha value is -4.69. The summed E-state index contributed by atoms with van der Waals surface area (Å²) in [6.45, 7) is -1.19. The lowest BCUT2D eigenvalue weighted by Crippen LogP contribution is -2.41. The third-order valence-corrected chi connectivity index (χ3v) is 5.69. The fourth-order valence-corrected chi connectivity index (χ4v) is 3.36. The summed E-state index contributed by atoms with van der Waals surface area (Å²) in [6.07, 6.45) is -3.76. The number of alkyl halides is 4. The molecule has 15 heteroatoms. The lowest BCUT2D eigenvalue weighted by atomic mass is 9.88. The first-order chi connectivity index (χ1) is 18.5. The molecule has 2 heterocycles. The van der Waals surface area contributed by atoms with Gasteiger partial charge in [-0.1, -0.05) is 5.16 Å². The van der Waals surface area contributed by atoms with Crippen LogP contribution in [0.4, 0.5) is 38.3 Å². The fourth-order valence-electron chi connectivity index (χ4n) is 3.36. The Morgan fingerprint density at radius 3 is 2.38 bits per heavy atom. The first kappa shape index (κ1) is 27.3. The van der Waals surface area contributed by atoms with Gasteiger partial charge in [0.05, 0.1) is 25.1 Å². The van der Waals surface area contributed by atoms with Gasteiger partial charge in [0.1, 0.15) is 13.0 Å². The van der Waals surface area contributed by atoms with Gasteiger partial charge in [-0.15, -0.1) is 0 Å². The lowest BCUT2D eigenvalue weighted by Gasteiger charge is -2.25. The number of hydrogen-bond acceptors (Lipinski definition) is 8. The van der Waals surface area contributed by atoms with Crippen molar-refractivity contribution in [1.29, 1.82) is 0 Å². The van der Waals surface area contributed by atoms with Gasteiger partial charge < -0.3 is 24.1 Å². The Morgan fingerprint density at radius 2 is 1.72 bits per heavy atom. The SMILES string of the molecule is COc1cc2ncnc(Oc3cc(NC(=O)Nc4cc(C(C)(CF)C(F)(F)F)on4)ccc3F)c2cc1OC. The molecule has 4 rings (SSSR count). The van der Waals surface area contributed by atoms with Crippen LogP contribution in [0.3, 0.4) is 0 Å². The number of halogens is 5. The van der Waals surface area contributed by atoms with Gasteiger partial charge >= 0.3 is 12.2 Å². The van der Waals surface area contributed by atoms with Crippen LogP contribution in [0.25, 0.3) is 10.9 Å². The Balaban J connectivity index is 1.52. The molecule has 0 aliphatic rings. The fraction of sp³-hybridized carbons (Fsp3) is 0.250. The molecule has 206 valence electrons. The van der Waals surface area contributed by atoms with Gasteiger partial charge in [0.25, 0.3) is 0 Å². The molecule has 0 fully saturated rings. The number of carbonyl (C=O) groups excluding carboxylic acids is 1. The minimum atomic E-state index is -4.96. The monoisotopic (exact) mass is 553 g/mol. The Kier molecular flexibility index (Phi) is 7.42. The molecular formula is C24H20F5N5O5. The average molecular weight is 553 g/mol. The van der Waals surface area contributed by atoms with E-state index < -0.39 is 41.7 Å². The summed E-state index contributed by atoms with van der Waals surface area (Å²) >= 11 is 0.